The molecule has 1 atom stereocenters. The van der Waals surface area contributed by atoms with E-state index in [-0.39, 0.29) is 11.6 Å². The van der Waals surface area contributed by atoms with E-state index in [2.05, 4.69) is 20.9 Å². The van der Waals surface area contributed by atoms with Crippen LogP contribution in [0.4, 0.5) is 0 Å². The number of rotatable bonds is 2. The van der Waals surface area contributed by atoms with Gasteiger partial charge in [-0.15, -0.1) is 0 Å². The molecular weight excluding hydrogens is 300 g/mol. The van der Waals surface area contributed by atoms with Crippen LogP contribution >= 0.6 is 15.9 Å². The summed E-state index contributed by atoms with van der Waals surface area (Å²) in [5.41, 5.74) is 0.269. The maximum atomic E-state index is 12.3. The zero-order valence-electron chi connectivity index (χ0n) is 9.67. The van der Waals surface area contributed by atoms with Crippen LogP contribution in [0.15, 0.2) is 22.8 Å². The molecule has 6 heteroatoms. The summed E-state index contributed by atoms with van der Waals surface area (Å²) in [7, 11) is 0. The molecule has 0 saturated carbocycles. The average Bonchev–Trinajstić information content (AvgIpc) is 2.38. The summed E-state index contributed by atoms with van der Waals surface area (Å²) in [6.07, 6.45) is 3.70. The maximum Gasteiger partial charge on any atom is 0.326 e. The fourth-order valence-corrected chi connectivity index (χ4v) is 2.54. The van der Waals surface area contributed by atoms with Crippen LogP contribution in [0.3, 0.4) is 0 Å². The minimum Gasteiger partial charge on any atom is -0.480 e. The van der Waals surface area contributed by atoms with Gasteiger partial charge in [-0.1, -0.05) is 0 Å². The third kappa shape index (κ3) is 2.53. The second-order valence-corrected chi connectivity index (χ2v) is 5.04. The second kappa shape index (κ2) is 5.48. The van der Waals surface area contributed by atoms with Crippen molar-refractivity contribution in [1.29, 1.82) is 0 Å². The van der Waals surface area contributed by atoms with Crippen LogP contribution in [-0.2, 0) is 4.79 Å². The van der Waals surface area contributed by atoms with Gasteiger partial charge in [0.2, 0.25) is 0 Å². The van der Waals surface area contributed by atoms with Crippen molar-refractivity contribution in [2.75, 3.05) is 6.54 Å². The van der Waals surface area contributed by atoms with Crippen molar-refractivity contribution in [3.63, 3.8) is 0 Å². The number of amides is 1. The molecule has 0 radical (unpaired) electrons. The highest BCUT2D eigenvalue weighted by Gasteiger charge is 2.33. The topological polar surface area (TPSA) is 70.5 Å². The van der Waals surface area contributed by atoms with Gasteiger partial charge in [0.25, 0.3) is 5.91 Å². The molecule has 18 heavy (non-hydrogen) atoms. The number of hydrogen-bond donors (Lipinski definition) is 1. The van der Waals surface area contributed by atoms with Gasteiger partial charge in [0.05, 0.1) is 0 Å². The molecule has 1 aliphatic rings. The van der Waals surface area contributed by atoms with E-state index < -0.39 is 12.0 Å². The maximum absolute atomic E-state index is 12.3. The van der Waals surface area contributed by atoms with Crippen LogP contribution in [0.25, 0.3) is 0 Å². The molecule has 2 heterocycles. The number of carbonyl (C=O) groups excluding carboxylic acids is 1. The van der Waals surface area contributed by atoms with Crippen LogP contribution in [0.1, 0.15) is 29.8 Å². The lowest BCUT2D eigenvalue weighted by Gasteiger charge is -2.32. The number of aromatic nitrogens is 1. The summed E-state index contributed by atoms with van der Waals surface area (Å²) in [5.74, 6) is -1.27. The quantitative estimate of drug-likeness (QED) is 0.905. The van der Waals surface area contributed by atoms with Crippen molar-refractivity contribution >= 4 is 27.8 Å². The van der Waals surface area contributed by atoms with Crippen molar-refractivity contribution in [2.24, 2.45) is 0 Å². The highest BCUT2D eigenvalue weighted by molar-refractivity contribution is 9.10. The summed E-state index contributed by atoms with van der Waals surface area (Å²) in [6, 6.07) is 2.70. The number of likely N-dealkylation sites (tertiary alicyclic amines) is 1. The van der Waals surface area contributed by atoms with E-state index >= 15 is 0 Å². The Hall–Kier alpha value is -1.43. The number of nitrogens with zero attached hydrogens (tertiary/aromatic N) is 2. The molecule has 5 nitrogen and oxygen atoms in total. The van der Waals surface area contributed by atoms with Crippen molar-refractivity contribution in [3.8, 4) is 0 Å². The number of carbonyl (C=O) groups is 2. The summed E-state index contributed by atoms with van der Waals surface area (Å²) in [6.45, 7) is 0.471. The number of pyridine rings is 1. The molecule has 1 N–H and O–H groups in total. The van der Waals surface area contributed by atoms with Gasteiger partial charge in [0, 0.05) is 17.2 Å². The fourth-order valence-electron chi connectivity index (χ4n) is 2.11. The number of aliphatic carboxylic acids is 1. The molecule has 0 aliphatic carbocycles. The molecule has 0 spiro atoms. The first-order valence-corrected chi connectivity index (χ1v) is 6.55. The number of piperidine rings is 1. The van der Waals surface area contributed by atoms with Crippen molar-refractivity contribution in [3.05, 3.63) is 28.5 Å². The van der Waals surface area contributed by atoms with E-state index in [9.17, 15) is 9.59 Å². The third-order valence-electron chi connectivity index (χ3n) is 3.01. The van der Waals surface area contributed by atoms with Crippen molar-refractivity contribution in [1.82, 2.24) is 9.88 Å². The first-order valence-electron chi connectivity index (χ1n) is 5.75. The van der Waals surface area contributed by atoms with Gasteiger partial charge < -0.3 is 10.0 Å². The molecule has 96 valence electrons. The Kier molecular flexibility index (Phi) is 3.96. The van der Waals surface area contributed by atoms with Crippen molar-refractivity contribution < 1.29 is 14.7 Å². The van der Waals surface area contributed by atoms with E-state index in [1.807, 2.05) is 0 Å². The summed E-state index contributed by atoms with van der Waals surface area (Å²) in [5, 5.41) is 9.15. The minimum absolute atomic E-state index is 0.269. The van der Waals surface area contributed by atoms with Gasteiger partial charge in [0.1, 0.15) is 11.7 Å². The lowest BCUT2D eigenvalue weighted by molar-refractivity contribution is -0.143. The number of carboxylic acids is 1. The van der Waals surface area contributed by atoms with Gasteiger partial charge in [-0.25, -0.2) is 9.78 Å². The first-order chi connectivity index (χ1) is 8.61. The molecule has 1 amide bonds. The van der Waals surface area contributed by atoms with Crippen LogP contribution in [0, 0.1) is 0 Å². The molecule has 0 aromatic carbocycles. The molecule has 1 aromatic heterocycles. The largest absolute Gasteiger partial charge is 0.480 e. The van der Waals surface area contributed by atoms with Gasteiger partial charge >= 0.3 is 5.97 Å². The summed E-state index contributed by atoms with van der Waals surface area (Å²) >= 11 is 3.26. The Morgan fingerprint density at radius 2 is 2.22 bits per heavy atom. The predicted octanol–water partition coefficient (Wildman–Crippen LogP) is 1.92. The summed E-state index contributed by atoms with van der Waals surface area (Å²) in [4.78, 5) is 28.9. The smallest absolute Gasteiger partial charge is 0.326 e. The Morgan fingerprint density at radius 3 is 2.89 bits per heavy atom. The van der Waals surface area contributed by atoms with E-state index in [1.165, 1.54) is 11.1 Å². The Balaban J connectivity index is 2.27. The molecular formula is C12H13BrN2O3. The minimum atomic E-state index is -0.949. The third-order valence-corrected chi connectivity index (χ3v) is 3.65. The van der Waals surface area contributed by atoms with E-state index in [0.717, 1.165) is 12.8 Å². The molecule has 1 fully saturated rings. The Labute approximate surface area is 113 Å². The zero-order valence-corrected chi connectivity index (χ0v) is 11.3. The predicted molar refractivity (Wildman–Crippen MR) is 68.2 cm³/mol. The monoisotopic (exact) mass is 312 g/mol. The molecule has 1 aromatic rings. The number of halogens is 1. The van der Waals surface area contributed by atoms with E-state index in [1.54, 1.807) is 12.1 Å². The Bertz CT molecular complexity index is 478. The average molecular weight is 313 g/mol. The Morgan fingerprint density at radius 1 is 1.44 bits per heavy atom. The van der Waals surface area contributed by atoms with Crippen molar-refractivity contribution in [2.45, 2.75) is 25.3 Å². The van der Waals surface area contributed by atoms with Crippen LogP contribution in [-0.4, -0.2) is 39.5 Å². The standard InChI is InChI=1S/C12H13BrN2O3/c13-8-4-3-6-14-10(8)11(16)15-7-2-1-5-9(15)12(17)18/h3-4,6,9H,1-2,5,7H2,(H,17,18). The molecule has 1 unspecified atom stereocenters. The van der Waals surface area contributed by atoms with Gasteiger partial charge in [-0.05, 0) is 47.3 Å². The normalized spacial score (nSPS) is 19.6. The fraction of sp³-hybridized carbons (Fsp3) is 0.417. The molecule has 2 rings (SSSR count). The molecule has 1 saturated heterocycles. The SMILES string of the molecule is O=C(O)C1CCCCN1C(=O)c1ncccc1Br. The van der Waals surface area contributed by atoms with Gasteiger partial charge in [-0.3, -0.25) is 4.79 Å². The number of hydrogen-bond acceptors (Lipinski definition) is 3. The van der Waals surface area contributed by atoms with Gasteiger partial charge in [-0.2, -0.15) is 0 Å². The second-order valence-electron chi connectivity index (χ2n) is 4.18. The van der Waals surface area contributed by atoms with E-state index in [0.29, 0.717) is 17.4 Å². The van der Waals surface area contributed by atoms with Crippen LogP contribution < -0.4 is 0 Å². The molecule has 1 aliphatic heterocycles. The van der Waals surface area contributed by atoms with E-state index in [4.69, 9.17) is 5.11 Å². The van der Waals surface area contributed by atoms with Gasteiger partial charge in [0.15, 0.2) is 0 Å². The molecule has 0 bridgehead atoms. The highest BCUT2D eigenvalue weighted by Crippen LogP contribution is 2.22. The van der Waals surface area contributed by atoms with Crippen LogP contribution in [0.5, 0.6) is 0 Å². The van der Waals surface area contributed by atoms with Crippen LogP contribution in [0.2, 0.25) is 0 Å². The zero-order chi connectivity index (χ0) is 13.1. The number of carboxylic acid groups (broad SMARTS) is 1. The lowest BCUT2D eigenvalue weighted by Crippen LogP contribution is -2.48. The highest BCUT2D eigenvalue weighted by atomic mass is 79.9. The summed E-state index contributed by atoms with van der Waals surface area (Å²) < 4.78 is 0.588. The first kappa shape index (κ1) is 13.0. The lowest BCUT2D eigenvalue weighted by atomic mass is 10.0.